The Balaban J connectivity index is 2.21. The highest BCUT2D eigenvalue weighted by Gasteiger charge is 2.31. The molecule has 0 heterocycles. The molecule has 0 spiro atoms. The SMILES string of the molecule is CC1(C)CCCC(NS(=O)(=O)c2ccc(F)c(C#N)c2)C1. The molecule has 1 fully saturated rings. The summed E-state index contributed by atoms with van der Waals surface area (Å²) in [4.78, 5) is -0.0659. The molecule has 0 aromatic heterocycles. The quantitative estimate of drug-likeness (QED) is 0.933. The Morgan fingerprint density at radius 2 is 2.14 bits per heavy atom. The summed E-state index contributed by atoms with van der Waals surface area (Å²) >= 11 is 0. The lowest BCUT2D eigenvalue weighted by molar-refractivity contribution is 0.212. The van der Waals surface area contributed by atoms with Crippen molar-refractivity contribution in [3.8, 4) is 6.07 Å². The van der Waals surface area contributed by atoms with Crippen LogP contribution in [0.2, 0.25) is 0 Å². The molecule has 1 saturated carbocycles. The molecule has 6 heteroatoms. The van der Waals surface area contributed by atoms with E-state index >= 15 is 0 Å². The summed E-state index contributed by atoms with van der Waals surface area (Å²) in [5.74, 6) is -0.713. The highest BCUT2D eigenvalue weighted by atomic mass is 32.2. The molecule has 1 aromatic carbocycles. The standard InChI is InChI=1S/C15H19FN2O2S/c1-15(2)7-3-4-12(9-15)18-21(19,20)13-5-6-14(16)11(8-13)10-17/h5-6,8,12,18H,3-4,7,9H2,1-2H3. The van der Waals surface area contributed by atoms with E-state index in [2.05, 4.69) is 18.6 Å². The molecule has 1 aliphatic rings. The number of hydrogen-bond donors (Lipinski definition) is 1. The molecule has 114 valence electrons. The second-order valence-electron chi connectivity index (χ2n) is 6.33. The monoisotopic (exact) mass is 310 g/mol. The van der Waals surface area contributed by atoms with Gasteiger partial charge in [0, 0.05) is 6.04 Å². The van der Waals surface area contributed by atoms with Gasteiger partial charge in [0.15, 0.2) is 0 Å². The molecule has 2 rings (SSSR count). The fraction of sp³-hybridized carbons (Fsp3) is 0.533. The van der Waals surface area contributed by atoms with Crippen LogP contribution >= 0.6 is 0 Å². The third kappa shape index (κ3) is 3.80. The van der Waals surface area contributed by atoms with Crippen LogP contribution in [0, 0.1) is 22.6 Å². The molecule has 0 radical (unpaired) electrons. The van der Waals surface area contributed by atoms with Gasteiger partial charge >= 0.3 is 0 Å². The predicted molar refractivity (Wildman–Crippen MR) is 77.5 cm³/mol. The summed E-state index contributed by atoms with van der Waals surface area (Å²) in [6.07, 6.45) is 3.64. The maximum Gasteiger partial charge on any atom is 0.240 e. The molecule has 21 heavy (non-hydrogen) atoms. The first-order chi connectivity index (χ1) is 9.73. The summed E-state index contributed by atoms with van der Waals surface area (Å²) in [5, 5.41) is 8.79. The first-order valence-electron chi connectivity index (χ1n) is 6.95. The summed E-state index contributed by atoms with van der Waals surface area (Å²) in [6.45, 7) is 4.25. The third-order valence-corrected chi connectivity index (χ3v) is 5.41. The largest absolute Gasteiger partial charge is 0.240 e. The number of rotatable bonds is 3. The van der Waals surface area contributed by atoms with Crippen LogP contribution in [0.1, 0.15) is 45.1 Å². The Morgan fingerprint density at radius 3 is 2.76 bits per heavy atom. The van der Waals surface area contributed by atoms with E-state index in [4.69, 9.17) is 5.26 Å². The van der Waals surface area contributed by atoms with Crippen LogP contribution in [0.15, 0.2) is 23.1 Å². The summed E-state index contributed by atoms with van der Waals surface area (Å²) in [5.41, 5.74) is -0.145. The molecule has 0 aliphatic heterocycles. The van der Waals surface area contributed by atoms with E-state index in [1.807, 2.05) is 0 Å². The Labute approximate surface area is 125 Å². The fourth-order valence-electron chi connectivity index (χ4n) is 2.84. The van der Waals surface area contributed by atoms with E-state index in [-0.39, 0.29) is 21.9 Å². The maximum atomic E-state index is 13.3. The van der Waals surface area contributed by atoms with Crippen LogP contribution < -0.4 is 4.72 Å². The second-order valence-corrected chi connectivity index (χ2v) is 8.05. The predicted octanol–water partition coefficient (Wildman–Crippen LogP) is 2.94. The van der Waals surface area contributed by atoms with Gasteiger partial charge in [-0.05, 0) is 42.9 Å². The molecule has 0 saturated heterocycles. The van der Waals surface area contributed by atoms with Crippen molar-refractivity contribution in [1.82, 2.24) is 4.72 Å². The summed E-state index contributed by atoms with van der Waals surface area (Å²) in [6, 6.07) is 4.81. The lowest BCUT2D eigenvalue weighted by atomic mass is 9.75. The summed E-state index contributed by atoms with van der Waals surface area (Å²) < 4.78 is 40.7. The van der Waals surface area contributed by atoms with Gasteiger partial charge in [-0.3, -0.25) is 0 Å². The first kappa shape index (κ1) is 15.9. The second kappa shape index (κ2) is 5.74. The van der Waals surface area contributed by atoms with Crippen LogP contribution in [-0.2, 0) is 10.0 Å². The van der Waals surface area contributed by atoms with Gasteiger partial charge in [-0.15, -0.1) is 0 Å². The zero-order valence-corrected chi connectivity index (χ0v) is 13.0. The van der Waals surface area contributed by atoms with Gasteiger partial charge in [0.2, 0.25) is 10.0 Å². The lowest BCUT2D eigenvalue weighted by Crippen LogP contribution is -2.40. The Kier molecular flexibility index (Phi) is 4.35. The molecular formula is C15H19FN2O2S. The smallest absolute Gasteiger partial charge is 0.208 e. The number of sulfonamides is 1. The average Bonchev–Trinajstić information content (AvgIpc) is 2.37. The van der Waals surface area contributed by atoms with E-state index in [0.717, 1.165) is 37.8 Å². The molecule has 0 amide bonds. The van der Waals surface area contributed by atoms with Gasteiger partial charge < -0.3 is 0 Å². The van der Waals surface area contributed by atoms with Crippen molar-refractivity contribution in [3.63, 3.8) is 0 Å². The van der Waals surface area contributed by atoms with Gasteiger partial charge in [-0.25, -0.2) is 17.5 Å². The van der Waals surface area contributed by atoms with Crippen LogP contribution in [0.4, 0.5) is 4.39 Å². The number of nitriles is 1. The molecule has 1 atom stereocenters. The Morgan fingerprint density at radius 1 is 1.43 bits per heavy atom. The normalized spacial score (nSPS) is 21.7. The van der Waals surface area contributed by atoms with E-state index in [9.17, 15) is 12.8 Å². The number of halogens is 1. The minimum Gasteiger partial charge on any atom is -0.208 e. The van der Waals surface area contributed by atoms with Crippen LogP contribution in [0.25, 0.3) is 0 Å². The average molecular weight is 310 g/mol. The Bertz CT molecular complexity index is 677. The first-order valence-corrected chi connectivity index (χ1v) is 8.44. The van der Waals surface area contributed by atoms with Crippen molar-refractivity contribution in [2.24, 2.45) is 5.41 Å². The van der Waals surface area contributed by atoms with Crippen LogP contribution in [-0.4, -0.2) is 14.5 Å². The molecule has 1 unspecified atom stereocenters. The molecule has 1 aromatic rings. The molecular weight excluding hydrogens is 291 g/mol. The molecule has 1 aliphatic carbocycles. The molecule has 0 bridgehead atoms. The number of hydrogen-bond acceptors (Lipinski definition) is 3. The number of benzene rings is 1. The highest BCUT2D eigenvalue weighted by Crippen LogP contribution is 2.35. The van der Waals surface area contributed by atoms with Crippen molar-refractivity contribution in [2.75, 3.05) is 0 Å². The zero-order chi connectivity index (χ0) is 15.7. The van der Waals surface area contributed by atoms with Crippen molar-refractivity contribution in [1.29, 1.82) is 5.26 Å². The van der Waals surface area contributed by atoms with E-state index in [1.54, 1.807) is 6.07 Å². The van der Waals surface area contributed by atoms with Gasteiger partial charge in [-0.2, -0.15) is 5.26 Å². The van der Waals surface area contributed by atoms with Crippen LogP contribution in [0.3, 0.4) is 0 Å². The Hall–Kier alpha value is -1.45. The minimum atomic E-state index is -3.73. The minimum absolute atomic E-state index is 0.0659. The fourth-order valence-corrected chi connectivity index (χ4v) is 4.14. The van der Waals surface area contributed by atoms with Crippen molar-refractivity contribution in [2.45, 2.75) is 50.5 Å². The zero-order valence-electron chi connectivity index (χ0n) is 12.2. The number of nitrogens with one attached hydrogen (secondary N) is 1. The van der Waals surface area contributed by atoms with Gasteiger partial charge in [-0.1, -0.05) is 20.3 Å². The number of nitrogens with zero attached hydrogens (tertiary/aromatic N) is 1. The van der Waals surface area contributed by atoms with Crippen molar-refractivity contribution in [3.05, 3.63) is 29.6 Å². The lowest BCUT2D eigenvalue weighted by Gasteiger charge is -2.35. The highest BCUT2D eigenvalue weighted by molar-refractivity contribution is 7.89. The van der Waals surface area contributed by atoms with Crippen LogP contribution in [0.5, 0.6) is 0 Å². The molecule has 4 nitrogen and oxygen atoms in total. The van der Waals surface area contributed by atoms with E-state index in [1.165, 1.54) is 6.07 Å². The van der Waals surface area contributed by atoms with Crippen molar-refractivity contribution < 1.29 is 12.8 Å². The van der Waals surface area contributed by atoms with Gasteiger partial charge in [0.1, 0.15) is 11.9 Å². The van der Waals surface area contributed by atoms with E-state index < -0.39 is 15.8 Å². The molecule has 1 N–H and O–H groups in total. The maximum absolute atomic E-state index is 13.3. The van der Waals surface area contributed by atoms with E-state index in [0.29, 0.717) is 0 Å². The summed E-state index contributed by atoms with van der Waals surface area (Å²) in [7, 11) is -3.73. The third-order valence-electron chi connectivity index (χ3n) is 3.90. The van der Waals surface area contributed by atoms with Gasteiger partial charge in [0.25, 0.3) is 0 Å². The van der Waals surface area contributed by atoms with Gasteiger partial charge in [0.05, 0.1) is 10.5 Å². The topological polar surface area (TPSA) is 70.0 Å². The van der Waals surface area contributed by atoms with Crippen molar-refractivity contribution >= 4 is 10.0 Å².